The number of pyridine rings is 1. The van der Waals surface area contributed by atoms with Crippen LogP contribution in [0.2, 0.25) is 0 Å². The van der Waals surface area contributed by atoms with E-state index in [2.05, 4.69) is 21.8 Å². The third kappa shape index (κ3) is 5.84. The number of rotatable bonds is 8. The number of hydrogen-bond donors (Lipinski definition) is 2. The molecule has 1 aliphatic rings. The summed E-state index contributed by atoms with van der Waals surface area (Å²) < 4.78 is 5.71. The summed E-state index contributed by atoms with van der Waals surface area (Å²) in [5, 5.41) is 11.5. The van der Waals surface area contributed by atoms with Crippen molar-refractivity contribution in [2.75, 3.05) is 51.3 Å². The largest absolute Gasteiger partial charge is 0.480 e. The minimum absolute atomic E-state index is 0.0212. The van der Waals surface area contributed by atoms with E-state index in [0.29, 0.717) is 38.3 Å². The van der Waals surface area contributed by atoms with Gasteiger partial charge >= 0.3 is 5.97 Å². The van der Waals surface area contributed by atoms with Crippen LogP contribution in [0.25, 0.3) is 0 Å². The second kappa shape index (κ2) is 9.14. The molecule has 1 atom stereocenters. The molecule has 2 heterocycles. The van der Waals surface area contributed by atoms with Crippen LogP contribution in [0.1, 0.15) is 10.4 Å². The van der Waals surface area contributed by atoms with Gasteiger partial charge in [0.05, 0.1) is 24.8 Å². The molecule has 136 valence electrons. The standard InChI is InChI=1S/C17H24N4O4/c1-3-6-18-17(24)13-4-5-15(19-9-13)21-7-8-25-14(11-21)10-20(2)12-16(22)23/h3-5,9,14H,1,6-8,10-12H2,2H3,(H,18,24)(H,22,23). The number of amides is 1. The summed E-state index contributed by atoms with van der Waals surface area (Å²) >= 11 is 0. The summed E-state index contributed by atoms with van der Waals surface area (Å²) in [6.07, 6.45) is 3.08. The van der Waals surface area contributed by atoms with Crippen LogP contribution in [0.5, 0.6) is 0 Å². The molecular weight excluding hydrogens is 324 g/mol. The number of carbonyl (C=O) groups is 2. The van der Waals surface area contributed by atoms with Crippen molar-refractivity contribution in [2.24, 2.45) is 0 Å². The molecule has 0 saturated carbocycles. The zero-order valence-corrected chi connectivity index (χ0v) is 14.4. The molecule has 1 saturated heterocycles. The number of nitrogens with zero attached hydrogens (tertiary/aromatic N) is 3. The van der Waals surface area contributed by atoms with Crippen molar-refractivity contribution in [3.63, 3.8) is 0 Å². The number of anilines is 1. The maximum Gasteiger partial charge on any atom is 0.317 e. The number of ether oxygens (including phenoxy) is 1. The molecule has 0 spiro atoms. The first-order valence-corrected chi connectivity index (χ1v) is 8.11. The Morgan fingerprint density at radius 1 is 1.56 bits per heavy atom. The highest BCUT2D eigenvalue weighted by Gasteiger charge is 2.23. The molecule has 8 heteroatoms. The average molecular weight is 348 g/mol. The number of carboxylic acid groups (broad SMARTS) is 1. The first kappa shape index (κ1) is 18.9. The highest BCUT2D eigenvalue weighted by Crippen LogP contribution is 2.16. The minimum atomic E-state index is -0.859. The first-order valence-electron chi connectivity index (χ1n) is 8.11. The van der Waals surface area contributed by atoms with E-state index < -0.39 is 5.97 Å². The molecule has 25 heavy (non-hydrogen) atoms. The number of aliphatic carboxylic acids is 1. The minimum Gasteiger partial charge on any atom is -0.480 e. The SMILES string of the molecule is C=CCNC(=O)c1ccc(N2CCOC(CN(C)CC(=O)O)C2)nc1. The van der Waals surface area contributed by atoms with Gasteiger partial charge in [-0.1, -0.05) is 6.08 Å². The van der Waals surface area contributed by atoms with Crippen LogP contribution in [-0.2, 0) is 9.53 Å². The molecule has 2 N–H and O–H groups in total. The summed E-state index contributed by atoms with van der Waals surface area (Å²) in [5.41, 5.74) is 0.497. The first-order chi connectivity index (χ1) is 12.0. The Morgan fingerprint density at radius 3 is 3.00 bits per heavy atom. The molecule has 0 radical (unpaired) electrons. The van der Waals surface area contributed by atoms with Crippen molar-refractivity contribution < 1.29 is 19.4 Å². The molecule has 8 nitrogen and oxygen atoms in total. The van der Waals surface area contributed by atoms with Gasteiger partial charge in [-0.05, 0) is 19.2 Å². The fourth-order valence-electron chi connectivity index (χ4n) is 2.66. The number of likely N-dealkylation sites (N-methyl/N-ethyl adjacent to an activating group) is 1. The Bertz CT molecular complexity index is 605. The molecule has 0 aliphatic carbocycles. The molecule has 1 fully saturated rings. The molecule has 2 rings (SSSR count). The Morgan fingerprint density at radius 2 is 2.36 bits per heavy atom. The number of nitrogens with one attached hydrogen (secondary N) is 1. The summed E-state index contributed by atoms with van der Waals surface area (Å²) in [6, 6.07) is 3.55. The van der Waals surface area contributed by atoms with Gasteiger partial charge in [0.25, 0.3) is 5.91 Å². The van der Waals surface area contributed by atoms with Crippen LogP contribution in [0, 0.1) is 0 Å². The average Bonchev–Trinajstić information content (AvgIpc) is 2.59. The van der Waals surface area contributed by atoms with E-state index in [1.54, 1.807) is 30.3 Å². The summed E-state index contributed by atoms with van der Waals surface area (Å²) in [5.74, 6) is -0.272. The lowest BCUT2D eigenvalue weighted by atomic mass is 10.2. The zero-order valence-electron chi connectivity index (χ0n) is 14.4. The van der Waals surface area contributed by atoms with E-state index in [4.69, 9.17) is 9.84 Å². The Hall–Kier alpha value is -2.45. The maximum atomic E-state index is 11.9. The second-order valence-corrected chi connectivity index (χ2v) is 5.93. The molecule has 1 aromatic heterocycles. The van der Waals surface area contributed by atoms with Gasteiger partial charge in [0.2, 0.25) is 0 Å². The van der Waals surface area contributed by atoms with Crippen molar-refractivity contribution in [3.05, 3.63) is 36.5 Å². The van der Waals surface area contributed by atoms with Crippen LogP contribution < -0.4 is 10.2 Å². The van der Waals surface area contributed by atoms with E-state index in [0.717, 1.165) is 5.82 Å². The molecule has 0 bridgehead atoms. The van der Waals surface area contributed by atoms with Gasteiger partial charge < -0.3 is 20.1 Å². The van der Waals surface area contributed by atoms with Crippen LogP contribution in [-0.4, -0.2) is 79.3 Å². The van der Waals surface area contributed by atoms with Gasteiger partial charge in [-0.25, -0.2) is 4.98 Å². The second-order valence-electron chi connectivity index (χ2n) is 5.93. The van der Waals surface area contributed by atoms with Crippen molar-refractivity contribution >= 4 is 17.7 Å². The monoisotopic (exact) mass is 348 g/mol. The van der Waals surface area contributed by atoms with Crippen LogP contribution >= 0.6 is 0 Å². The molecule has 1 amide bonds. The van der Waals surface area contributed by atoms with Gasteiger partial charge in [0, 0.05) is 32.4 Å². The number of hydrogen-bond acceptors (Lipinski definition) is 6. The van der Waals surface area contributed by atoms with Crippen molar-refractivity contribution in [1.82, 2.24) is 15.2 Å². The van der Waals surface area contributed by atoms with E-state index >= 15 is 0 Å². The van der Waals surface area contributed by atoms with Gasteiger partial charge in [-0.2, -0.15) is 0 Å². The topological polar surface area (TPSA) is 95.0 Å². The Balaban J connectivity index is 1.93. The molecule has 0 aromatic carbocycles. The lowest BCUT2D eigenvalue weighted by Gasteiger charge is -2.35. The molecular formula is C17H24N4O4. The third-order valence-electron chi connectivity index (χ3n) is 3.80. The number of morpholine rings is 1. The van der Waals surface area contributed by atoms with Crippen LogP contribution in [0.4, 0.5) is 5.82 Å². The highest BCUT2D eigenvalue weighted by molar-refractivity contribution is 5.94. The summed E-state index contributed by atoms with van der Waals surface area (Å²) in [6.45, 7) is 6.36. The number of carboxylic acids is 1. The predicted octanol–water partition coefficient (Wildman–Crippen LogP) is 0.219. The molecule has 1 aliphatic heterocycles. The van der Waals surface area contributed by atoms with E-state index in [1.165, 1.54) is 0 Å². The quantitative estimate of drug-likeness (QED) is 0.649. The Kier molecular flexibility index (Phi) is 6.91. The van der Waals surface area contributed by atoms with Gasteiger partial charge in [0.1, 0.15) is 5.82 Å². The van der Waals surface area contributed by atoms with E-state index in [1.807, 2.05) is 6.07 Å². The maximum absolute atomic E-state index is 11.9. The fourth-order valence-corrected chi connectivity index (χ4v) is 2.66. The van der Waals surface area contributed by atoms with Gasteiger partial charge in [0.15, 0.2) is 0 Å². The normalized spacial score (nSPS) is 17.4. The zero-order chi connectivity index (χ0) is 18.2. The smallest absolute Gasteiger partial charge is 0.317 e. The van der Waals surface area contributed by atoms with Gasteiger partial charge in [-0.15, -0.1) is 6.58 Å². The van der Waals surface area contributed by atoms with Crippen molar-refractivity contribution in [2.45, 2.75) is 6.10 Å². The van der Waals surface area contributed by atoms with Crippen molar-refractivity contribution in [1.29, 1.82) is 0 Å². The number of carbonyl (C=O) groups excluding carboxylic acids is 1. The highest BCUT2D eigenvalue weighted by atomic mass is 16.5. The van der Waals surface area contributed by atoms with Crippen molar-refractivity contribution in [3.8, 4) is 0 Å². The van der Waals surface area contributed by atoms with E-state index in [9.17, 15) is 9.59 Å². The molecule has 1 aromatic rings. The third-order valence-corrected chi connectivity index (χ3v) is 3.80. The summed E-state index contributed by atoms with van der Waals surface area (Å²) in [7, 11) is 1.76. The number of aromatic nitrogens is 1. The summed E-state index contributed by atoms with van der Waals surface area (Å²) in [4.78, 5) is 30.8. The van der Waals surface area contributed by atoms with Crippen LogP contribution in [0.3, 0.4) is 0 Å². The predicted molar refractivity (Wildman–Crippen MR) is 93.9 cm³/mol. The molecule has 1 unspecified atom stereocenters. The Labute approximate surface area is 147 Å². The lowest BCUT2D eigenvalue weighted by molar-refractivity contribution is -0.138. The van der Waals surface area contributed by atoms with Gasteiger partial charge in [-0.3, -0.25) is 14.5 Å². The fraction of sp³-hybridized carbons (Fsp3) is 0.471. The van der Waals surface area contributed by atoms with Crippen LogP contribution in [0.15, 0.2) is 31.0 Å². The van der Waals surface area contributed by atoms with E-state index in [-0.39, 0.29) is 18.6 Å². The lowest BCUT2D eigenvalue weighted by Crippen LogP contribution is -2.48.